The van der Waals surface area contributed by atoms with Gasteiger partial charge in [0.05, 0.1) is 17.6 Å². The summed E-state index contributed by atoms with van der Waals surface area (Å²) in [6, 6.07) is 3.85. The minimum atomic E-state index is -0.763. The molecule has 0 saturated carbocycles. The lowest BCUT2D eigenvalue weighted by molar-refractivity contribution is -0.134. The third-order valence-corrected chi connectivity index (χ3v) is 3.63. The van der Waals surface area contributed by atoms with Crippen molar-refractivity contribution < 1.29 is 19.8 Å². The maximum Gasteiger partial charge on any atom is 0.240 e. The number of benzene rings is 1. The largest absolute Gasteiger partial charge is 0.508 e. The first kappa shape index (κ1) is 14.3. The van der Waals surface area contributed by atoms with E-state index < -0.39 is 5.54 Å². The van der Waals surface area contributed by atoms with Crippen molar-refractivity contribution >= 4 is 11.7 Å². The van der Waals surface area contributed by atoms with E-state index in [1.54, 1.807) is 18.7 Å². The van der Waals surface area contributed by atoms with E-state index >= 15 is 0 Å². The molecule has 6 heteroatoms. The molecule has 1 amide bonds. The number of phenols is 2. The minimum Gasteiger partial charge on any atom is -0.508 e. The monoisotopic (exact) mass is 278 g/mol. The summed E-state index contributed by atoms with van der Waals surface area (Å²) < 4.78 is 0. The quantitative estimate of drug-likeness (QED) is 0.700. The zero-order chi connectivity index (χ0) is 14.9. The number of Topliss-reactive ketones (excluding diaryl/α,β-unsaturated/α-hetero) is 1. The van der Waals surface area contributed by atoms with Gasteiger partial charge in [0.15, 0.2) is 5.78 Å². The number of aromatic hydroxyl groups is 2. The molecule has 1 aliphatic rings. The Morgan fingerprint density at radius 2 is 2.10 bits per heavy atom. The van der Waals surface area contributed by atoms with Gasteiger partial charge in [-0.3, -0.25) is 14.5 Å². The molecule has 1 aliphatic heterocycles. The van der Waals surface area contributed by atoms with Crippen LogP contribution < -0.4 is 5.32 Å². The molecule has 1 aromatic carbocycles. The van der Waals surface area contributed by atoms with Gasteiger partial charge in [-0.05, 0) is 26.0 Å². The molecule has 0 spiro atoms. The first-order valence-corrected chi connectivity index (χ1v) is 6.41. The van der Waals surface area contributed by atoms with E-state index in [4.69, 9.17) is 0 Å². The summed E-state index contributed by atoms with van der Waals surface area (Å²) in [6.07, 6.45) is 0. The summed E-state index contributed by atoms with van der Waals surface area (Å²) in [5.41, 5.74) is -0.620. The highest BCUT2D eigenvalue weighted by atomic mass is 16.3. The van der Waals surface area contributed by atoms with Crippen LogP contribution in [0.25, 0.3) is 0 Å². The first-order chi connectivity index (χ1) is 9.32. The number of amides is 1. The van der Waals surface area contributed by atoms with Crippen LogP contribution >= 0.6 is 0 Å². The van der Waals surface area contributed by atoms with Gasteiger partial charge in [0.1, 0.15) is 11.5 Å². The van der Waals surface area contributed by atoms with Gasteiger partial charge in [-0.2, -0.15) is 0 Å². The van der Waals surface area contributed by atoms with Crippen molar-refractivity contribution in [2.24, 2.45) is 0 Å². The van der Waals surface area contributed by atoms with Gasteiger partial charge in [0.25, 0.3) is 0 Å². The standard InChI is InChI=1S/C14H18N2O4/c1-14(2)13(20)15-5-6-16(14)8-12(19)10-4-3-9(17)7-11(10)18/h3-4,7,17-18H,5-6,8H2,1-2H3,(H,15,20). The van der Waals surface area contributed by atoms with Crippen LogP contribution in [0.1, 0.15) is 24.2 Å². The summed E-state index contributed by atoms with van der Waals surface area (Å²) >= 11 is 0. The highest BCUT2D eigenvalue weighted by Gasteiger charge is 2.38. The lowest BCUT2D eigenvalue weighted by Crippen LogP contribution is -2.62. The van der Waals surface area contributed by atoms with Gasteiger partial charge in [0, 0.05) is 19.2 Å². The minimum absolute atomic E-state index is 0.0404. The molecule has 6 nitrogen and oxygen atoms in total. The van der Waals surface area contributed by atoms with Crippen molar-refractivity contribution in [3.05, 3.63) is 23.8 Å². The smallest absolute Gasteiger partial charge is 0.240 e. The molecule has 1 fully saturated rings. The molecule has 0 aromatic heterocycles. The Morgan fingerprint density at radius 1 is 1.40 bits per heavy atom. The van der Waals surface area contributed by atoms with Crippen molar-refractivity contribution in [2.45, 2.75) is 19.4 Å². The predicted molar refractivity (Wildman–Crippen MR) is 72.8 cm³/mol. The fourth-order valence-electron chi connectivity index (χ4n) is 2.23. The zero-order valence-corrected chi connectivity index (χ0v) is 11.5. The lowest BCUT2D eigenvalue weighted by Gasteiger charge is -2.40. The average Bonchev–Trinajstić information content (AvgIpc) is 2.35. The topological polar surface area (TPSA) is 89.9 Å². The van der Waals surface area contributed by atoms with E-state index in [0.717, 1.165) is 6.07 Å². The van der Waals surface area contributed by atoms with Crippen molar-refractivity contribution in [3.8, 4) is 11.5 Å². The second-order valence-corrected chi connectivity index (χ2v) is 5.36. The average molecular weight is 278 g/mol. The van der Waals surface area contributed by atoms with Crippen LogP contribution in [0.3, 0.4) is 0 Å². The molecule has 2 rings (SSSR count). The van der Waals surface area contributed by atoms with Crippen LogP contribution in [0.5, 0.6) is 11.5 Å². The number of rotatable bonds is 3. The van der Waals surface area contributed by atoms with Gasteiger partial charge in [-0.1, -0.05) is 0 Å². The highest BCUT2D eigenvalue weighted by Crippen LogP contribution is 2.24. The molecule has 108 valence electrons. The van der Waals surface area contributed by atoms with Gasteiger partial charge < -0.3 is 15.5 Å². The van der Waals surface area contributed by atoms with Gasteiger partial charge in [0.2, 0.25) is 5.91 Å². The first-order valence-electron chi connectivity index (χ1n) is 6.41. The number of carbonyl (C=O) groups excluding carboxylic acids is 2. The molecule has 0 unspecified atom stereocenters. The van der Waals surface area contributed by atoms with Crippen LogP contribution in [0.15, 0.2) is 18.2 Å². The highest BCUT2D eigenvalue weighted by molar-refractivity contribution is 6.00. The molecule has 1 heterocycles. The number of hydrogen-bond acceptors (Lipinski definition) is 5. The van der Waals surface area contributed by atoms with Crippen LogP contribution in [0, 0.1) is 0 Å². The summed E-state index contributed by atoms with van der Waals surface area (Å²) in [6.45, 7) is 4.62. The Labute approximate surface area is 117 Å². The molecule has 3 N–H and O–H groups in total. The fourth-order valence-corrected chi connectivity index (χ4v) is 2.23. The van der Waals surface area contributed by atoms with Gasteiger partial charge in [-0.15, -0.1) is 0 Å². The molecular formula is C14H18N2O4. The van der Waals surface area contributed by atoms with Crippen LogP contribution in [-0.4, -0.2) is 52.0 Å². The van der Waals surface area contributed by atoms with E-state index in [-0.39, 0.29) is 35.3 Å². The van der Waals surface area contributed by atoms with E-state index in [0.29, 0.717) is 13.1 Å². The Morgan fingerprint density at radius 3 is 2.75 bits per heavy atom. The van der Waals surface area contributed by atoms with Crippen molar-refractivity contribution in [1.82, 2.24) is 10.2 Å². The van der Waals surface area contributed by atoms with Crippen LogP contribution in [0.2, 0.25) is 0 Å². The number of ketones is 1. The number of hydrogen-bond donors (Lipinski definition) is 3. The van der Waals surface area contributed by atoms with Crippen molar-refractivity contribution in [3.63, 3.8) is 0 Å². The fraction of sp³-hybridized carbons (Fsp3) is 0.429. The third kappa shape index (κ3) is 2.60. The lowest BCUT2D eigenvalue weighted by atomic mass is 9.97. The molecule has 0 aliphatic carbocycles. The molecule has 20 heavy (non-hydrogen) atoms. The Hall–Kier alpha value is -2.08. The Kier molecular flexibility index (Phi) is 3.67. The molecule has 0 atom stereocenters. The molecule has 0 radical (unpaired) electrons. The predicted octanol–water partition coefficient (Wildman–Crippen LogP) is 0.491. The third-order valence-electron chi connectivity index (χ3n) is 3.63. The number of carbonyl (C=O) groups is 2. The molecule has 0 bridgehead atoms. The van der Waals surface area contributed by atoms with E-state index in [1.165, 1.54) is 12.1 Å². The second-order valence-electron chi connectivity index (χ2n) is 5.36. The van der Waals surface area contributed by atoms with Crippen molar-refractivity contribution in [1.29, 1.82) is 0 Å². The van der Waals surface area contributed by atoms with E-state index in [9.17, 15) is 19.8 Å². The Bertz CT molecular complexity index is 554. The molecule has 1 aromatic rings. The SMILES string of the molecule is CC1(C)C(=O)NCCN1CC(=O)c1ccc(O)cc1O. The molecule has 1 saturated heterocycles. The summed E-state index contributed by atoms with van der Waals surface area (Å²) in [7, 11) is 0. The number of phenolic OH excluding ortho intramolecular Hbond substituents is 2. The summed E-state index contributed by atoms with van der Waals surface area (Å²) in [5.74, 6) is -0.761. The zero-order valence-electron chi connectivity index (χ0n) is 11.5. The van der Waals surface area contributed by atoms with Gasteiger partial charge in [-0.25, -0.2) is 0 Å². The second kappa shape index (κ2) is 5.13. The van der Waals surface area contributed by atoms with E-state index in [1.807, 2.05) is 0 Å². The Balaban J connectivity index is 2.17. The van der Waals surface area contributed by atoms with Crippen LogP contribution in [-0.2, 0) is 4.79 Å². The van der Waals surface area contributed by atoms with Crippen LogP contribution in [0.4, 0.5) is 0 Å². The maximum absolute atomic E-state index is 12.2. The summed E-state index contributed by atoms with van der Waals surface area (Å²) in [5, 5.41) is 21.7. The molecular weight excluding hydrogens is 260 g/mol. The van der Waals surface area contributed by atoms with Crippen molar-refractivity contribution in [2.75, 3.05) is 19.6 Å². The maximum atomic E-state index is 12.2. The van der Waals surface area contributed by atoms with E-state index in [2.05, 4.69) is 5.32 Å². The van der Waals surface area contributed by atoms with Gasteiger partial charge >= 0.3 is 0 Å². The number of piperazine rings is 1. The summed E-state index contributed by atoms with van der Waals surface area (Å²) in [4.78, 5) is 25.8. The number of nitrogens with zero attached hydrogens (tertiary/aromatic N) is 1. The normalized spacial score (nSPS) is 18.6. The number of nitrogens with one attached hydrogen (secondary N) is 1.